The van der Waals surface area contributed by atoms with E-state index < -0.39 is 0 Å². The number of hydrogen-bond donors (Lipinski definition) is 2. The molecule has 0 aliphatic carbocycles. The molecule has 0 unspecified atom stereocenters. The van der Waals surface area contributed by atoms with Gasteiger partial charge in [-0.2, -0.15) is 0 Å². The van der Waals surface area contributed by atoms with Crippen LogP contribution in [-0.4, -0.2) is 40.3 Å². The average molecular weight is 371 g/mol. The van der Waals surface area contributed by atoms with E-state index in [0.717, 1.165) is 17.1 Å². The minimum atomic E-state index is -0.148. The maximum absolute atomic E-state index is 12.4. The summed E-state index contributed by atoms with van der Waals surface area (Å²) in [6.45, 7) is 1.88. The molecule has 8 heteroatoms. The highest BCUT2D eigenvalue weighted by atomic mass is 32.2. The van der Waals surface area contributed by atoms with Crippen LogP contribution in [0.1, 0.15) is 5.69 Å². The van der Waals surface area contributed by atoms with Crippen LogP contribution >= 0.6 is 11.8 Å². The number of amides is 1. The lowest BCUT2D eigenvalue weighted by molar-refractivity contribution is -0.113. The van der Waals surface area contributed by atoms with Crippen molar-refractivity contribution in [1.82, 2.24) is 14.5 Å². The van der Waals surface area contributed by atoms with Crippen LogP contribution in [0.3, 0.4) is 0 Å². The van der Waals surface area contributed by atoms with Crippen LogP contribution in [0.4, 0.5) is 11.4 Å². The van der Waals surface area contributed by atoms with Gasteiger partial charge >= 0.3 is 0 Å². The van der Waals surface area contributed by atoms with Crippen molar-refractivity contribution in [1.29, 1.82) is 0 Å². The van der Waals surface area contributed by atoms with Crippen molar-refractivity contribution in [2.24, 2.45) is 7.05 Å². The number of nitrogens with zero attached hydrogens (tertiary/aromatic N) is 3. The van der Waals surface area contributed by atoms with Crippen molar-refractivity contribution in [3.05, 3.63) is 46.4 Å². The zero-order valence-corrected chi connectivity index (χ0v) is 16.0. The Bertz CT molecular complexity index is 1000. The predicted molar refractivity (Wildman–Crippen MR) is 106 cm³/mol. The maximum atomic E-state index is 12.4. The smallest absolute Gasteiger partial charge is 0.278 e. The number of H-pyrrole nitrogens is 1. The molecule has 0 fully saturated rings. The molecule has 0 bridgehead atoms. The summed E-state index contributed by atoms with van der Waals surface area (Å²) in [6, 6.07) is 9.43. The fraction of sp³-hybridized carbons (Fsp3) is 0.278. The first-order chi connectivity index (χ1) is 12.3. The molecule has 26 heavy (non-hydrogen) atoms. The van der Waals surface area contributed by atoms with Crippen LogP contribution in [0, 0.1) is 6.92 Å². The van der Waals surface area contributed by atoms with Gasteiger partial charge in [-0.25, -0.2) is 4.98 Å². The minimum absolute atomic E-state index is 0.146. The molecule has 3 rings (SSSR count). The van der Waals surface area contributed by atoms with E-state index in [9.17, 15) is 9.59 Å². The predicted octanol–water partition coefficient (Wildman–Crippen LogP) is 2.37. The third-order valence-corrected chi connectivity index (χ3v) is 4.98. The normalized spacial score (nSPS) is 10.9. The molecular weight excluding hydrogens is 350 g/mol. The van der Waals surface area contributed by atoms with E-state index in [1.54, 1.807) is 7.05 Å². The molecule has 0 aliphatic rings. The zero-order valence-electron chi connectivity index (χ0n) is 15.2. The molecule has 0 radical (unpaired) electrons. The van der Waals surface area contributed by atoms with Gasteiger partial charge in [0.25, 0.3) is 5.56 Å². The maximum Gasteiger partial charge on any atom is 0.278 e. The Kier molecular flexibility index (Phi) is 5.03. The Labute approximate surface area is 155 Å². The topological polar surface area (TPSA) is 83.0 Å². The highest BCUT2D eigenvalue weighted by Crippen LogP contribution is 2.19. The van der Waals surface area contributed by atoms with Gasteiger partial charge in [0.1, 0.15) is 5.52 Å². The number of aromatic nitrogens is 3. The number of carbonyl (C=O) groups is 1. The first kappa shape index (κ1) is 18.1. The Morgan fingerprint density at radius 1 is 1.31 bits per heavy atom. The first-order valence-corrected chi connectivity index (χ1v) is 9.10. The molecule has 0 saturated carbocycles. The van der Waals surface area contributed by atoms with Crippen LogP contribution in [-0.2, 0) is 11.8 Å². The molecule has 1 aromatic carbocycles. The highest BCUT2D eigenvalue weighted by Gasteiger charge is 2.12. The molecule has 3 aromatic rings. The quantitative estimate of drug-likeness (QED) is 0.531. The fourth-order valence-corrected chi connectivity index (χ4v) is 3.33. The molecule has 0 aliphatic heterocycles. The van der Waals surface area contributed by atoms with E-state index in [4.69, 9.17) is 0 Å². The van der Waals surface area contributed by atoms with Gasteiger partial charge < -0.3 is 15.2 Å². The number of rotatable bonds is 5. The van der Waals surface area contributed by atoms with E-state index >= 15 is 0 Å². The van der Waals surface area contributed by atoms with Gasteiger partial charge in [0.15, 0.2) is 5.16 Å². The second-order valence-electron chi connectivity index (χ2n) is 6.25. The monoisotopic (exact) mass is 371 g/mol. The highest BCUT2D eigenvalue weighted by molar-refractivity contribution is 7.99. The number of thioether (sulfide) groups is 1. The first-order valence-electron chi connectivity index (χ1n) is 8.11. The van der Waals surface area contributed by atoms with Crippen LogP contribution in [0.15, 0.2) is 40.3 Å². The Hall–Kier alpha value is -2.74. The summed E-state index contributed by atoms with van der Waals surface area (Å²) in [4.78, 5) is 34.0. The van der Waals surface area contributed by atoms with Gasteiger partial charge in [-0.1, -0.05) is 11.8 Å². The number of anilines is 2. The van der Waals surface area contributed by atoms with Crippen molar-refractivity contribution in [2.45, 2.75) is 12.1 Å². The van der Waals surface area contributed by atoms with E-state index in [1.165, 1.54) is 16.3 Å². The third-order valence-electron chi connectivity index (χ3n) is 3.95. The largest absolute Gasteiger partial charge is 0.378 e. The van der Waals surface area contributed by atoms with Crippen LogP contribution in [0.5, 0.6) is 0 Å². The van der Waals surface area contributed by atoms with Crippen molar-refractivity contribution in [3.8, 4) is 0 Å². The number of fused-ring (bicyclic) bond motifs is 1. The summed E-state index contributed by atoms with van der Waals surface area (Å²) >= 11 is 1.24. The molecule has 1 amide bonds. The molecule has 7 nitrogen and oxygen atoms in total. The number of aromatic amines is 1. The van der Waals surface area contributed by atoms with Gasteiger partial charge in [-0.15, -0.1) is 0 Å². The van der Waals surface area contributed by atoms with Gasteiger partial charge in [-0.05, 0) is 37.3 Å². The van der Waals surface area contributed by atoms with E-state index in [2.05, 4.69) is 15.3 Å². The van der Waals surface area contributed by atoms with Gasteiger partial charge in [0.05, 0.1) is 11.3 Å². The van der Waals surface area contributed by atoms with Crippen molar-refractivity contribution in [2.75, 3.05) is 30.1 Å². The van der Waals surface area contributed by atoms with Gasteiger partial charge in [-0.3, -0.25) is 14.2 Å². The van der Waals surface area contributed by atoms with Gasteiger partial charge in [0, 0.05) is 38.2 Å². The van der Waals surface area contributed by atoms with Crippen molar-refractivity contribution >= 4 is 40.1 Å². The van der Waals surface area contributed by atoms with Crippen LogP contribution < -0.4 is 15.8 Å². The molecular formula is C18H21N5O2S. The standard InChI is InChI=1S/C18H21N5O2S/c1-11-9-14-16(19-11)17(25)23(4)18(21-14)26-10-15(24)20-12-5-7-13(8-6-12)22(2)3/h5-9,19H,10H2,1-4H3,(H,20,24). The summed E-state index contributed by atoms with van der Waals surface area (Å²) in [5.74, 6) is 0.0251. The summed E-state index contributed by atoms with van der Waals surface area (Å²) in [5, 5.41) is 3.37. The van der Waals surface area contributed by atoms with E-state index in [1.807, 2.05) is 56.3 Å². The molecule has 2 aromatic heterocycles. The second-order valence-corrected chi connectivity index (χ2v) is 7.19. The Morgan fingerprint density at radius 2 is 2.00 bits per heavy atom. The molecule has 0 saturated heterocycles. The zero-order chi connectivity index (χ0) is 18.8. The molecule has 136 valence electrons. The summed E-state index contributed by atoms with van der Waals surface area (Å²) in [5.41, 5.74) is 3.63. The second kappa shape index (κ2) is 7.25. The van der Waals surface area contributed by atoms with Crippen LogP contribution in [0.2, 0.25) is 0 Å². The molecule has 2 N–H and O–H groups in total. The number of aryl methyl sites for hydroxylation is 1. The Morgan fingerprint density at radius 3 is 2.65 bits per heavy atom. The lowest BCUT2D eigenvalue weighted by Gasteiger charge is -2.13. The number of hydrogen-bond acceptors (Lipinski definition) is 5. The SMILES string of the molecule is Cc1cc2nc(SCC(=O)Nc3ccc(N(C)C)cc3)n(C)c(=O)c2[nH]1. The summed E-state index contributed by atoms with van der Waals surface area (Å²) < 4.78 is 1.46. The molecule has 0 spiro atoms. The third kappa shape index (κ3) is 3.75. The fourth-order valence-electron chi connectivity index (χ4n) is 2.56. The van der Waals surface area contributed by atoms with Crippen LogP contribution in [0.25, 0.3) is 11.0 Å². The average Bonchev–Trinajstić information content (AvgIpc) is 2.98. The number of benzene rings is 1. The lowest BCUT2D eigenvalue weighted by Crippen LogP contribution is -2.21. The minimum Gasteiger partial charge on any atom is -0.378 e. The van der Waals surface area contributed by atoms with E-state index in [-0.39, 0.29) is 17.2 Å². The lowest BCUT2D eigenvalue weighted by atomic mass is 10.2. The molecule has 2 heterocycles. The van der Waals surface area contributed by atoms with Crippen molar-refractivity contribution < 1.29 is 4.79 Å². The molecule has 0 atom stereocenters. The van der Waals surface area contributed by atoms with Gasteiger partial charge in [0.2, 0.25) is 5.91 Å². The summed E-state index contributed by atoms with van der Waals surface area (Å²) in [6.07, 6.45) is 0. The van der Waals surface area contributed by atoms with Crippen molar-refractivity contribution in [3.63, 3.8) is 0 Å². The summed E-state index contributed by atoms with van der Waals surface area (Å²) in [7, 11) is 5.58. The number of carbonyl (C=O) groups excluding carboxylic acids is 1. The number of nitrogens with one attached hydrogen (secondary N) is 2. The van der Waals surface area contributed by atoms with E-state index in [0.29, 0.717) is 16.2 Å². The Balaban J connectivity index is 1.68.